The van der Waals surface area contributed by atoms with Crippen molar-refractivity contribution in [3.8, 4) is 0 Å². The van der Waals surface area contributed by atoms with Crippen LogP contribution in [0.4, 0.5) is 5.82 Å². The highest BCUT2D eigenvalue weighted by molar-refractivity contribution is 5.92. The first-order chi connectivity index (χ1) is 9.69. The lowest BCUT2D eigenvalue weighted by Crippen LogP contribution is -2.32. The van der Waals surface area contributed by atoms with Crippen LogP contribution < -0.4 is 16.0 Å². The largest absolute Gasteiger partial charge is 0.370 e. The molecule has 108 valence electrons. The lowest BCUT2D eigenvalue weighted by Gasteiger charge is -2.07. The van der Waals surface area contributed by atoms with Gasteiger partial charge in [-0.15, -0.1) is 0 Å². The summed E-state index contributed by atoms with van der Waals surface area (Å²) in [6.45, 7) is 3.04. The first-order valence-corrected chi connectivity index (χ1v) is 6.97. The molecule has 0 radical (unpaired) electrons. The molecule has 1 aliphatic rings. The fourth-order valence-electron chi connectivity index (χ4n) is 1.75. The Labute approximate surface area is 118 Å². The van der Waals surface area contributed by atoms with Crippen molar-refractivity contribution in [3.05, 3.63) is 23.9 Å². The van der Waals surface area contributed by atoms with E-state index in [1.807, 2.05) is 13.0 Å². The molecule has 6 heteroatoms. The maximum atomic E-state index is 11.9. The predicted molar refractivity (Wildman–Crippen MR) is 76.5 cm³/mol. The molecule has 0 unspecified atom stereocenters. The zero-order valence-corrected chi connectivity index (χ0v) is 11.6. The smallest absolute Gasteiger partial charge is 0.269 e. The third-order valence-corrected chi connectivity index (χ3v) is 2.92. The topological polar surface area (TPSA) is 83.1 Å². The molecule has 1 aromatic rings. The van der Waals surface area contributed by atoms with Crippen LogP contribution in [0, 0.1) is 0 Å². The summed E-state index contributed by atoms with van der Waals surface area (Å²) in [7, 11) is 0. The van der Waals surface area contributed by atoms with Gasteiger partial charge in [0.05, 0.1) is 0 Å². The lowest BCUT2D eigenvalue weighted by atomic mass is 10.3. The normalized spacial score (nSPS) is 13.7. The molecule has 2 amide bonds. The second-order valence-corrected chi connectivity index (χ2v) is 4.79. The number of nitrogens with zero attached hydrogens (tertiary/aromatic N) is 1. The van der Waals surface area contributed by atoms with Gasteiger partial charge in [-0.3, -0.25) is 9.59 Å². The molecular formula is C14H20N4O2. The minimum atomic E-state index is -0.260. The van der Waals surface area contributed by atoms with Crippen LogP contribution in [0.3, 0.4) is 0 Å². The van der Waals surface area contributed by atoms with Gasteiger partial charge in [-0.05, 0) is 31.9 Å². The van der Waals surface area contributed by atoms with Gasteiger partial charge in [0.25, 0.3) is 5.91 Å². The maximum absolute atomic E-state index is 11.9. The van der Waals surface area contributed by atoms with E-state index in [0.29, 0.717) is 30.5 Å². The Bertz CT molecular complexity index is 486. The fraction of sp³-hybridized carbons (Fsp3) is 0.500. The second kappa shape index (κ2) is 6.88. The van der Waals surface area contributed by atoms with Crippen molar-refractivity contribution in [1.29, 1.82) is 0 Å². The number of carbonyl (C=O) groups excluding carboxylic acids is 2. The Hall–Kier alpha value is -2.11. The van der Waals surface area contributed by atoms with Crippen LogP contribution in [-0.4, -0.2) is 35.9 Å². The average molecular weight is 276 g/mol. The molecule has 0 bridgehead atoms. The van der Waals surface area contributed by atoms with E-state index in [2.05, 4.69) is 20.9 Å². The molecule has 3 N–H and O–H groups in total. The summed E-state index contributed by atoms with van der Waals surface area (Å²) in [6, 6.07) is 5.60. The number of rotatable bonds is 7. The fourth-order valence-corrected chi connectivity index (χ4v) is 1.75. The van der Waals surface area contributed by atoms with Gasteiger partial charge in [-0.25, -0.2) is 4.98 Å². The van der Waals surface area contributed by atoms with Gasteiger partial charge in [0, 0.05) is 25.6 Å². The van der Waals surface area contributed by atoms with Gasteiger partial charge in [0.15, 0.2) is 0 Å². The first kappa shape index (κ1) is 14.3. The molecule has 2 rings (SSSR count). The third kappa shape index (κ3) is 4.53. The maximum Gasteiger partial charge on any atom is 0.269 e. The van der Waals surface area contributed by atoms with E-state index < -0.39 is 0 Å². The van der Waals surface area contributed by atoms with Crippen LogP contribution in [0.25, 0.3) is 0 Å². The van der Waals surface area contributed by atoms with Crippen molar-refractivity contribution in [1.82, 2.24) is 15.6 Å². The number of carbonyl (C=O) groups is 2. The molecule has 0 atom stereocenters. The molecule has 0 aliphatic heterocycles. The third-order valence-electron chi connectivity index (χ3n) is 2.92. The van der Waals surface area contributed by atoms with Crippen LogP contribution in [0.15, 0.2) is 18.2 Å². The molecule has 0 saturated heterocycles. The van der Waals surface area contributed by atoms with E-state index in [9.17, 15) is 9.59 Å². The standard InChI is InChI=1S/C14H20N4O2/c1-2-15-12-5-3-4-11(18-12)14(20)16-9-8-13(19)17-10-6-7-10/h3-5,10H,2,6-9H2,1H3,(H,15,18)(H,16,20)(H,17,19). The average Bonchev–Trinajstić information content (AvgIpc) is 3.23. The molecule has 1 fully saturated rings. The summed E-state index contributed by atoms with van der Waals surface area (Å²) < 4.78 is 0. The molecular weight excluding hydrogens is 256 g/mol. The molecule has 0 aromatic carbocycles. The zero-order valence-electron chi connectivity index (χ0n) is 11.6. The predicted octanol–water partition coefficient (Wildman–Crippen LogP) is 0.912. The summed E-state index contributed by atoms with van der Waals surface area (Å²) >= 11 is 0. The molecule has 1 heterocycles. The van der Waals surface area contributed by atoms with E-state index in [1.165, 1.54) is 0 Å². The number of amides is 2. The van der Waals surface area contributed by atoms with Gasteiger partial charge in [-0.2, -0.15) is 0 Å². The SMILES string of the molecule is CCNc1cccc(C(=O)NCCC(=O)NC2CC2)n1. The highest BCUT2D eigenvalue weighted by Gasteiger charge is 2.22. The number of hydrogen-bond donors (Lipinski definition) is 3. The van der Waals surface area contributed by atoms with E-state index >= 15 is 0 Å². The Morgan fingerprint density at radius 1 is 1.35 bits per heavy atom. The van der Waals surface area contributed by atoms with Gasteiger partial charge < -0.3 is 16.0 Å². The highest BCUT2D eigenvalue weighted by atomic mass is 16.2. The monoisotopic (exact) mass is 276 g/mol. The van der Waals surface area contributed by atoms with Crippen LogP contribution in [0.2, 0.25) is 0 Å². The number of aromatic nitrogens is 1. The molecule has 20 heavy (non-hydrogen) atoms. The minimum absolute atomic E-state index is 0.0119. The first-order valence-electron chi connectivity index (χ1n) is 6.97. The quantitative estimate of drug-likeness (QED) is 0.691. The summed E-state index contributed by atoms with van der Waals surface area (Å²) in [5.41, 5.74) is 0.353. The second-order valence-electron chi connectivity index (χ2n) is 4.79. The van der Waals surface area contributed by atoms with E-state index in [4.69, 9.17) is 0 Å². The number of nitrogens with one attached hydrogen (secondary N) is 3. The van der Waals surface area contributed by atoms with Crippen LogP contribution >= 0.6 is 0 Å². The summed E-state index contributed by atoms with van der Waals surface area (Å²) in [5, 5.41) is 8.63. The van der Waals surface area contributed by atoms with E-state index in [-0.39, 0.29) is 11.8 Å². The molecule has 0 spiro atoms. The minimum Gasteiger partial charge on any atom is -0.370 e. The van der Waals surface area contributed by atoms with Gasteiger partial charge in [0.2, 0.25) is 5.91 Å². The Balaban J connectivity index is 1.75. The Morgan fingerprint density at radius 2 is 2.15 bits per heavy atom. The van der Waals surface area contributed by atoms with E-state index in [0.717, 1.165) is 19.4 Å². The van der Waals surface area contributed by atoms with Crippen molar-refractivity contribution < 1.29 is 9.59 Å². The van der Waals surface area contributed by atoms with Crippen LogP contribution in [0.1, 0.15) is 36.7 Å². The van der Waals surface area contributed by atoms with Gasteiger partial charge in [0.1, 0.15) is 11.5 Å². The van der Waals surface area contributed by atoms with Crippen molar-refractivity contribution in [2.45, 2.75) is 32.2 Å². The molecule has 6 nitrogen and oxygen atoms in total. The van der Waals surface area contributed by atoms with Gasteiger partial charge >= 0.3 is 0 Å². The van der Waals surface area contributed by atoms with E-state index in [1.54, 1.807) is 12.1 Å². The lowest BCUT2D eigenvalue weighted by molar-refractivity contribution is -0.121. The summed E-state index contributed by atoms with van der Waals surface area (Å²) in [6.07, 6.45) is 2.44. The number of hydrogen-bond acceptors (Lipinski definition) is 4. The van der Waals surface area contributed by atoms with Crippen molar-refractivity contribution >= 4 is 17.6 Å². The highest BCUT2D eigenvalue weighted by Crippen LogP contribution is 2.18. The van der Waals surface area contributed by atoms with Crippen LogP contribution in [0.5, 0.6) is 0 Å². The number of pyridine rings is 1. The summed E-state index contributed by atoms with van der Waals surface area (Å²) in [4.78, 5) is 27.5. The Kier molecular flexibility index (Phi) is 4.92. The van der Waals surface area contributed by atoms with Crippen molar-refractivity contribution in [2.75, 3.05) is 18.4 Å². The molecule has 1 aliphatic carbocycles. The summed E-state index contributed by atoms with van der Waals surface area (Å²) in [5.74, 6) is 0.401. The molecule has 1 aromatic heterocycles. The molecule has 1 saturated carbocycles. The van der Waals surface area contributed by atoms with Crippen molar-refractivity contribution in [3.63, 3.8) is 0 Å². The van der Waals surface area contributed by atoms with Gasteiger partial charge in [-0.1, -0.05) is 6.07 Å². The Morgan fingerprint density at radius 3 is 2.85 bits per heavy atom. The number of anilines is 1. The van der Waals surface area contributed by atoms with Crippen LogP contribution in [-0.2, 0) is 4.79 Å². The van der Waals surface area contributed by atoms with Crippen molar-refractivity contribution in [2.24, 2.45) is 0 Å². The zero-order chi connectivity index (χ0) is 14.4.